The number of fused-ring (bicyclic) bond motifs is 1. The molecule has 1 aliphatic carbocycles. The Bertz CT molecular complexity index is 368. The van der Waals surface area contributed by atoms with Crippen molar-refractivity contribution in [3.8, 4) is 0 Å². The minimum Gasteiger partial charge on any atom is -0.481 e. The van der Waals surface area contributed by atoms with Gasteiger partial charge in [0.15, 0.2) is 0 Å². The quantitative estimate of drug-likeness (QED) is 0.696. The van der Waals surface area contributed by atoms with Crippen LogP contribution >= 0.6 is 0 Å². The third kappa shape index (κ3) is 1.05. The van der Waals surface area contributed by atoms with Crippen molar-refractivity contribution in [1.29, 1.82) is 0 Å². The summed E-state index contributed by atoms with van der Waals surface area (Å²) in [5.74, 6) is -0.234. The van der Waals surface area contributed by atoms with Crippen molar-refractivity contribution in [3.05, 3.63) is 17.2 Å². The second kappa shape index (κ2) is 2.58. The van der Waals surface area contributed by atoms with Crippen LogP contribution in [0.3, 0.4) is 0 Å². The van der Waals surface area contributed by atoms with Gasteiger partial charge >= 0.3 is 5.97 Å². The molecule has 13 heavy (non-hydrogen) atoms. The molecular formula is C9H12N2O2. The van der Waals surface area contributed by atoms with Crippen LogP contribution in [-0.4, -0.2) is 20.6 Å². The smallest absolute Gasteiger partial charge is 0.312 e. The van der Waals surface area contributed by atoms with Crippen LogP contribution in [-0.2, 0) is 18.3 Å². The first-order chi connectivity index (χ1) is 6.11. The minimum absolute atomic E-state index is 0.380. The number of nitrogens with zero attached hydrogens (tertiary/aromatic N) is 2. The number of rotatable bonds is 1. The molecule has 0 spiro atoms. The van der Waals surface area contributed by atoms with E-state index in [1.165, 1.54) is 0 Å². The highest BCUT2D eigenvalue weighted by atomic mass is 16.4. The van der Waals surface area contributed by atoms with Gasteiger partial charge in [0.1, 0.15) is 11.7 Å². The number of hydrogen-bond acceptors (Lipinski definition) is 2. The fourth-order valence-electron chi connectivity index (χ4n) is 1.91. The van der Waals surface area contributed by atoms with Crippen LogP contribution in [0, 0.1) is 6.92 Å². The number of aliphatic carboxylic acids is 1. The summed E-state index contributed by atoms with van der Waals surface area (Å²) in [5.41, 5.74) is 1.86. The Morgan fingerprint density at radius 2 is 2.38 bits per heavy atom. The summed E-state index contributed by atoms with van der Waals surface area (Å²) in [6.45, 7) is 1.90. The largest absolute Gasteiger partial charge is 0.481 e. The summed E-state index contributed by atoms with van der Waals surface area (Å²) < 4.78 is 1.98. The summed E-state index contributed by atoms with van der Waals surface area (Å²) in [4.78, 5) is 15.1. The lowest BCUT2D eigenvalue weighted by atomic mass is 10.1. The zero-order valence-electron chi connectivity index (χ0n) is 7.74. The summed E-state index contributed by atoms with van der Waals surface area (Å²) in [5, 5.41) is 8.91. The van der Waals surface area contributed by atoms with Crippen LogP contribution in [0.15, 0.2) is 0 Å². The van der Waals surface area contributed by atoms with E-state index in [9.17, 15) is 4.79 Å². The number of carbonyl (C=O) groups is 1. The van der Waals surface area contributed by atoms with E-state index in [2.05, 4.69) is 4.98 Å². The molecule has 0 radical (unpaired) electrons. The lowest BCUT2D eigenvalue weighted by Crippen LogP contribution is -2.08. The number of aromatic nitrogens is 2. The Hall–Kier alpha value is -1.32. The standard InChI is InChI=1S/C9H12N2O2/c1-5-10-8-6(9(12)13)3-4-7(8)11(5)2/h6H,3-4H2,1-2H3,(H,12,13). The van der Waals surface area contributed by atoms with E-state index in [0.29, 0.717) is 6.42 Å². The highest BCUT2D eigenvalue weighted by molar-refractivity contribution is 5.76. The molecule has 0 saturated heterocycles. The molecule has 1 atom stereocenters. The predicted molar refractivity (Wildman–Crippen MR) is 46.6 cm³/mol. The maximum atomic E-state index is 10.8. The molecule has 70 valence electrons. The molecule has 4 nitrogen and oxygen atoms in total. The molecule has 1 aliphatic rings. The van der Waals surface area contributed by atoms with Crippen LogP contribution < -0.4 is 0 Å². The molecule has 0 amide bonds. The van der Waals surface area contributed by atoms with Gasteiger partial charge in [-0.2, -0.15) is 0 Å². The first-order valence-corrected chi connectivity index (χ1v) is 4.36. The Morgan fingerprint density at radius 3 is 3.00 bits per heavy atom. The van der Waals surface area contributed by atoms with E-state index >= 15 is 0 Å². The molecule has 1 aromatic rings. The lowest BCUT2D eigenvalue weighted by Gasteiger charge is -2.00. The summed E-state index contributed by atoms with van der Waals surface area (Å²) in [6.07, 6.45) is 1.53. The van der Waals surface area contributed by atoms with Crippen molar-refractivity contribution in [2.24, 2.45) is 7.05 Å². The zero-order valence-corrected chi connectivity index (χ0v) is 7.74. The predicted octanol–water partition coefficient (Wildman–Crippen LogP) is 0.843. The number of hydrogen-bond donors (Lipinski definition) is 1. The number of imidazole rings is 1. The molecule has 1 unspecified atom stereocenters. The summed E-state index contributed by atoms with van der Waals surface area (Å²) in [6, 6.07) is 0. The maximum absolute atomic E-state index is 10.8. The second-order valence-corrected chi connectivity index (χ2v) is 3.48. The minimum atomic E-state index is -0.753. The number of carboxylic acids is 1. The van der Waals surface area contributed by atoms with Crippen molar-refractivity contribution in [2.75, 3.05) is 0 Å². The average molecular weight is 180 g/mol. The van der Waals surface area contributed by atoms with Gasteiger partial charge in [-0.1, -0.05) is 0 Å². The van der Waals surface area contributed by atoms with Crippen molar-refractivity contribution in [1.82, 2.24) is 9.55 Å². The van der Waals surface area contributed by atoms with Gasteiger partial charge in [0, 0.05) is 12.7 Å². The Morgan fingerprint density at radius 1 is 1.69 bits per heavy atom. The fraction of sp³-hybridized carbons (Fsp3) is 0.556. The van der Waals surface area contributed by atoms with Crippen LogP contribution in [0.1, 0.15) is 29.6 Å². The lowest BCUT2D eigenvalue weighted by molar-refractivity contribution is -0.138. The molecule has 1 heterocycles. The fourth-order valence-corrected chi connectivity index (χ4v) is 1.91. The molecule has 0 saturated carbocycles. The SMILES string of the molecule is Cc1nc2c(n1C)CCC2C(=O)O. The van der Waals surface area contributed by atoms with E-state index < -0.39 is 5.97 Å². The highest BCUT2D eigenvalue weighted by Crippen LogP contribution is 2.32. The Labute approximate surface area is 76.2 Å². The van der Waals surface area contributed by atoms with E-state index in [-0.39, 0.29) is 5.92 Å². The molecule has 0 aromatic carbocycles. The van der Waals surface area contributed by atoms with Gasteiger partial charge in [-0.05, 0) is 19.8 Å². The first kappa shape index (κ1) is 8.29. The molecule has 0 bridgehead atoms. The van der Waals surface area contributed by atoms with Gasteiger partial charge in [0.25, 0.3) is 0 Å². The molecule has 1 N–H and O–H groups in total. The third-order valence-corrected chi connectivity index (χ3v) is 2.77. The zero-order chi connectivity index (χ0) is 9.59. The molecule has 0 aliphatic heterocycles. The van der Waals surface area contributed by atoms with Crippen molar-refractivity contribution < 1.29 is 9.90 Å². The molecule has 0 fully saturated rings. The molecule has 2 rings (SSSR count). The van der Waals surface area contributed by atoms with E-state index in [1.54, 1.807) is 0 Å². The first-order valence-electron chi connectivity index (χ1n) is 4.36. The monoisotopic (exact) mass is 180 g/mol. The van der Waals surface area contributed by atoms with Crippen LogP contribution in [0.2, 0.25) is 0 Å². The number of carboxylic acid groups (broad SMARTS) is 1. The average Bonchev–Trinajstić information content (AvgIpc) is 2.55. The molecular weight excluding hydrogens is 168 g/mol. The maximum Gasteiger partial charge on any atom is 0.312 e. The van der Waals surface area contributed by atoms with E-state index in [4.69, 9.17) is 5.11 Å². The van der Waals surface area contributed by atoms with E-state index in [0.717, 1.165) is 23.6 Å². The van der Waals surface area contributed by atoms with Gasteiger partial charge in [0.2, 0.25) is 0 Å². The van der Waals surface area contributed by atoms with Gasteiger partial charge in [-0.15, -0.1) is 0 Å². The van der Waals surface area contributed by atoms with Crippen molar-refractivity contribution in [2.45, 2.75) is 25.7 Å². The van der Waals surface area contributed by atoms with E-state index in [1.807, 2.05) is 18.5 Å². The van der Waals surface area contributed by atoms with Gasteiger partial charge < -0.3 is 9.67 Å². The highest BCUT2D eigenvalue weighted by Gasteiger charge is 2.32. The Kier molecular flexibility index (Phi) is 1.65. The van der Waals surface area contributed by atoms with Gasteiger partial charge in [-0.3, -0.25) is 4.79 Å². The van der Waals surface area contributed by atoms with Crippen LogP contribution in [0.5, 0.6) is 0 Å². The topological polar surface area (TPSA) is 55.1 Å². The van der Waals surface area contributed by atoms with Crippen LogP contribution in [0.4, 0.5) is 0 Å². The van der Waals surface area contributed by atoms with Crippen molar-refractivity contribution >= 4 is 5.97 Å². The second-order valence-electron chi connectivity index (χ2n) is 3.48. The molecule has 1 aromatic heterocycles. The normalized spacial score (nSPS) is 20.3. The summed E-state index contributed by atoms with van der Waals surface area (Å²) >= 11 is 0. The van der Waals surface area contributed by atoms with Crippen molar-refractivity contribution in [3.63, 3.8) is 0 Å². The third-order valence-electron chi connectivity index (χ3n) is 2.77. The number of aryl methyl sites for hydroxylation is 1. The molecule has 4 heteroatoms. The van der Waals surface area contributed by atoms with Crippen LogP contribution in [0.25, 0.3) is 0 Å². The van der Waals surface area contributed by atoms with Gasteiger partial charge in [0.05, 0.1) is 5.69 Å². The van der Waals surface area contributed by atoms with Gasteiger partial charge in [-0.25, -0.2) is 4.98 Å². The summed E-state index contributed by atoms with van der Waals surface area (Å²) in [7, 11) is 1.94. The Balaban J connectivity index is 2.48.